The van der Waals surface area contributed by atoms with Gasteiger partial charge in [-0.2, -0.15) is 13.2 Å². The van der Waals surface area contributed by atoms with Gasteiger partial charge in [0.15, 0.2) is 0 Å². The third kappa shape index (κ3) is 5.61. The Morgan fingerprint density at radius 1 is 1.06 bits per heavy atom. The molecule has 0 saturated carbocycles. The summed E-state index contributed by atoms with van der Waals surface area (Å²) in [6, 6.07) is 11.1. The number of alkyl halides is 3. The number of aromatic nitrogens is 1. The summed E-state index contributed by atoms with van der Waals surface area (Å²) >= 11 is 5.66. The maximum Gasteiger partial charge on any atom is 0.416 e. The fourth-order valence-electron chi connectivity index (χ4n) is 3.03. The first-order valence-electron chi connectivity index (χ1n) is 9.22. The molecule has 0 aliphatic rings. The van der Waals surface area contributed by atoms with Crippen molar-refractivity contribution in [2.75, 3.05) is 10.2 Å². The van der Waals surface area contributed by atoms with Crippen molar-refractivity contribution >= 4 is 40.6 Å². The van der Waals surface area contributed by atoms with Crippen LogP contribution in [0.1, 0.15) is 18.1 Å². The van der Waals surface area contributed by atoms with Crippen LogP contribution in [0.5, 0.6) is 0 Å². The number of benzene rings is 2. The summed E-state index contributed by atoms with van der Waals surface area (Å²) in [4.78, 5) is 29.9. The minimum Gasteiger partial charge on any atom is -0.326 e. The summed E-state index contributed by atoms with van der Waals surface area (Å²) in [7, 11) is 0. The van der Waals surface area contributed by atoms with Crippen LogP contribution in [0.15, 0.2) is 60.8 Å². The Balaban J connectivity index is 1.82. The smallest absolute Gasteiger partial charge is 0.326 e. The van der Waals surface area contributed by atoms with Crippen molar-refractivity contribution in [1.29, 1.82) is 0 Å². The summed E-state index contributed by atoms with van der Waals surface area (Å²) in [6.07, 6.45) is -3.88. The molecule has 32 heavy (non-hydrogen) atoms. The lowest BCUT2D eigenvalue weighted by molar-refractivity contribution is -0.138. The van der Waals surface area contributed by atoms with Gasteiger partial charge < -0.3 is 5.32 Å². The molecule has 0 bridgehead atoms. The van der Waals surface area contributed by atoms with Crippen molar-refractivity contribution < 1.29 is 27.2 Å². The van der Waals surface area contributed by atoms with E-state index in [4.69, 9.17) is 11.6 Å². The van der Waals surface area contributed by atoms with E-state index in [0.29, 0.717) is 5.69 Å². The van der Waals surface area contributed by atoms with E-state index >= 15 is 0 Å². The van der Waals surface area contributed by atoms with E-state index in [1.165, 1.54) is 60.5 Å². The van der Waals surface area contributed by atoms with Gasteiger partial charge in [0.1, 0.15) is 11.6 Å². The summed E-state index contributed by atoms with van der Waals surface area (Å²) in [6.45, 7) is 1.29. The van der Waals surface area contributed by atoms with Crippen LogP contribution < -0.4 is 10.2 Å². The molecule has 0 unspecified atom stereocenters. The van der Waals surface area contributed by atoms with Gasteiger partial charge in [-0.1, -0.05) is 17.7 Å². The Morgan fingerprint density at radius 2 is 1.75 bits per heavy atom. The average Bonchev–Trinajstić information content (AvgIpc) is 2.70. The van der Waals surface area contributed by atoms with Crippen LogP contribution in [0.2, 0.25) is 5.02 Å². The molecular weight excluding hydrogens is 450 g/mol. The van der Waals surface area contributed by atoms with Gasteiger partial charge in [0.2, 0.25) is 11.8 Å². The van der Waals surface area contributed by atoms with Crippen molar-refractivity contribution in [2.45, 2.75) is 19.5 Å². The zero-order chi connectivity index (χ0) is 23.5. The van der Waals surface area contributed by atoms with Gasteiger partial charge in [-0.15, -0.1) is 0 Å². The Bertz CT molecular complexity index is 1150. The molecule has 0 saturated heterocycles. The number of anilines is 3. The number of halogens is 5. The molecule has 1 aromatic heterocycles. The number of amides is 2. The van der Waals surface area contributed by atoms with Gasteiger partial charge in [-0.05, 0) is 48.0 Å². The lowest BCUT2D eigenvalue weighted by atomic mass is 10.0. The van der Waals surface area contributed by atoms with Crippen molar-refractivity contribution in [1.82, 2.24) is 4.98 Å². The van der Waals surface area contributed by atoms with E-state index < -0.39 is 35.8 Å². The molecule has 10 heteroatoms. The van der Waals surface area contributed by atoms with Gasteiger partial charge in [0.05, 0.1) is 17.7 Å². The maximum atomic E-state index is 13.2. The lowest BCUT2D eigenvalue weighted by Crippen LogP contribution is -2.24. The standard InChI is InChI=1S/C22H16ClF4N3O2/c1-13(31)30(18-6-4-16(24)5-7-18)20-12-17(8-9-28-20)29-21(32)10-14-2-3-15(23)11-19(14)22(25,26)27/h2-9,11-12H,10H2,1H3,(H,28,29,32). The van der Waals surface area contributed by atoms with Gasteiger partial charge in [-0.25, -0.2) is 9.37 Å². The molecule has 3 aromatic rings. The number of hydrogen-bond donors (Lipinski definition) is 1. The molecule has 0 aliphatic heterocycles. The second kappa shape index (κ2) is 9.35. The number of pyridine rings is 1. The monoisotopic (exact) mass is 465 g/mol. The zero-order valence-electron chi connectivity index (χ0n) is 16.6. The molecule has 2 amide bonds. The summed E-state index contributed by atoms with van der Waals surface area (Å²) in [5.41, 5.74) is -0.651. The molecule has 0 radical (unpaired) electrons. The molecule has 0 spiro atoms. The van der Waals surface area contributed by atoms with Crippen LogP contribution in [-0.2, 0) is 22.2 Å². The van der Waals surface area contributed by atoms with Crippen LogP contribution in [0.25, 0.3) is 0 Å². The molecule has 1 N–H and O–H groups in total. The highest BCUT2D eigenvalue weighted by Crippen LogP contribution is 2.34. The molecule has 3 rings (SSSR count). The average molecular weight is 466 g/mol. The molecule has 1 heterocycles. The summed E-state index contributed by atoms with van der Waals surface area (Å²) in [5, 5.41) is 2.41. The number of carbonyl (C=O) groups excluding carboxylic acids is 2. The van der Waals surface area contributed by atoms with Crippen molar-refractivity contribution in [3.05, 3.63) is 82.8 Å². The molecule has 2 aromatic carbocycles. The molecular formula is C22H16ClF4N3O2. The van der Waals surface area contributed by atoms with Crippen LogP contribution >= 0.6 is 11.6 Å². The van der Waals surface area contributed by atoms with Gasteiger partial charge >= 0.3 is 6.18 Å². The third-order valence-corrected chi connectivity index (χ3v) is 4.62. The number of nitrogens with one attached hydrogen (secondary N) is 1. The van der Waals surface area contributed by atoms with Gasteiger partial charge in [0.25, 0.3) is 0 Å². The molecule has 0 aliphatic carbocycles. The summed E-state index contributed by atoms with van der Waals surface area (Å²) < 4.78 is 53.0. The largest absolute Gasteiger partial charge is 0.416 e. The van der Waals surface area contributed by atoms with Crippen molar-refractivity contribution in [3.63, 3.8) is 0 Å². The highest BCUT2D eigenvalue weighted by molar-refractivity contribution is 6.30. The fraction of sp³-hybridized carbons (Fsp3) is 0.136. The zero-order valence-corrected chi connectivity index (χ0v) is 17.3. The van der Waals surface area contributed by atoms with E-state index in [1.807, 2.05) is 0 Å². The highest BCUT2D eigenvalue weighted by Gasteiger charge is 2.34. The minimum absolute atomic E-state index is 0.0922. The molecule has 5 nitrogen and oxygen atoms in total. The Kier molecular flexibility index (Phi) is 6.78. The lowest BCUT2D eigenvalue weighted by Gasteiger charge is -2.21. The van der Waals surface area contributed by atoms with E-state index in [1.54, 1.807) is 0 Å². The quantitative estimate of drug-likeness (QED) is 0.487. The van der Waals surface area contributed by atoms with Crippen LogP contribution in [0.4, 0.5) is 34.8 Å². The van der Waals surface area contributed by atoms with Gasteiger partial charge in [-0.3, -0.25) is 14.5 Å². The van der Waals surface area contributed by atoms with Crippen LogP contribution in [0.3, 0.4) is 0 Å². The first kappa shape index (κ1) is 23.2. The third-order valence-electron chi connectivity index (χ3n) is 4.39. The highest BCUT2D eigenvalue weighted by atomic mass is 35.5. The SMILES string of the molecule is CC(=O)N(c1ccc(F)cc1)c1cc(NC(=O)Cc2ccc(Cl)cc2C(F)(F)F)ccn1. The van der Waals surface area contributed by atoms with E-state index in [0.717, 1.165) is 12.1 Å². The summed E-state index contributed by atoms with van der Waals surface area (Å²) in [5.74, 6) is -1.45. The van der Waals surface area contributed by atoms with Crippen LogP contribution in [-0.4, -0.2) is 16.8 Å². The maximum absolute atomic E-state index is 13.2. The molecule has 166 valence electrons. The first-order chi connectivity index (χ1) is 15.0. The van der Waals surface area contributed by atoms with E-state index in [2.05, 4.69) is 10.3 Å². The topological polar surface area (TPSA) is 62.3 Å². The second-order valence-corrected chi connectivity index (χ2v) is 7.19. The second-order valence-electron chi connectivity index (χ2n) is 6.76. The predicted molar refractivity (Wildman–Crippen MR) is 112 cm³/mol. The fourth-order valence-corrected chi connectivity index (χ4v) is 3.20. The molecule has 0 fully saturated rings. The van der Waals surface area contributed by atoms with Gasteiger partial charge in [0, 0.05) is 29.9 Å². The number of carbonyl (C=O) groups is 2. The predicted octanol–water partition coefficient (Wildman–Crippen LogP) is 5.76. The normalized spacial score (nSPS) is 11.2. The number of nitrogens with zero attached hydrogens (tertiary/aromatic N) is 2. The number of hydrogen-bond acceptors (Lipinski definition) is 3. The first-order valence-corrected chi connectivity index (χ1v) is 9.60. The Morgan fingerprint density at radius 3 is 2.38 bits per heavy atom. The molecule has 0 atom stereocenters. The van der Waals surface area contributed by atoms with E-state index in [-0.39, 0.29) is 22.1 Å². The Labute approximate surface area is 185 Å². The van der Waals surface area contributed by atoms with Crippen molar-refractivity contribution in [3.8, 4) is 0 Å². The van der Waals surface area contributed by atoms with Crippen molar-refractivity contribution in [2.24, 2.45) is 0 Å². The van der Waals surface area contributed by atoms with E-state index in [9.17, 15) is 27.2 Å². The van der Waals surface area contributed by atoms with Crippen LogP contribution in [0, 0.1) is 5.82 Å². The minimum atomic E-state index is -4.67. The Hall–Kier alpha value is -3.46. The number of rotatable bonds is 5.